The second-order valence-corrected chi connectivity index (χ2v) is 4.74. The molecule has 19 heavy (non-hydrogen) atoms. The van der Waals surface area contributed by atoms with Gasteiger partial charge in [0.15, 0.2) is 23.1 Å². The highest BCUT2D eigenvalue weighted by molar-refractivity contribution is 5.69. The third-order valence-corrected chi connectivity index (χ3v) is 3.56. The Morgan fingerprint density at radius 2 is 2.42 bits per heavy atom. The molecule has 1 saturated heterocycles. The Morgan fingerprint density at radius 3 is 3.11 bits per heavy atom. The number of fused-ring (bicyclic) bond motifs is 2. The van der Waals surface area contributed by atoms with Crippen molar-refractivity contribution in [2.45, 2.75) is 30.5 Å². The molecule has 1 saturated carbocycles. The third-order valence-electron chi connectivity index (χ3n) is 3.56. The Bertz CT molecular complexity index is 743. The summed E-state index contributed by atoms with van der Waals surface area (Å²) in [5.74, 6) is -0.0841. The Balaban J connectivity index is 1.79. The van der Waals surface area contributed by atoms with E-state index in [-0.39, 0.29) is 23.5 Å². The smallest absolute Gasteiger partial charge is 0.282 e. The first-order chi connectivity index (χ1) is 9.00. The quantitative estimate of drug-likeness (QED) is 0.571. The highest BCUT2D eigenvalue weighted by Crippen LogP contribution is 2.56. The van der Waals surface area contributed by atoms with Gasteiger partial charge in [0, 0.05) is 6.42 Å². The van der Waals surface area contributed by atoms with Crippen molar-refractivity contribution in [1.82, 2.24) is 25.0 Å². The molecule has 2 fully saturated rings. The van der Waals surface area contributed by atoms with Crippen LogP contribution in [0.15, 0.2) is 4.79 Å². The molecule has 0 amide bonds. The zero-order valence-corrected chi connectivity index (χ0v) is 9.45. The van der Waals surface area contributed by atoms with E-state index < -0.39 is 29.7 Å². The molecule has 100 valence electrons. The van der Waals surface area contributed by atoms with Crippen LogP contribution in [0.2, 0.25) is 0 Å². The summed E-state index contributed by atoms with van der Waals surface area (Å²) in [6.45, 7) is 0. The highest BCUT2D eigenvalue weighted by atomic mass is 19.1. The average Bonchev–Trinajstić information content (AvgIpc) is 2.76. The molecule has 2 aromatic rings. The van der Waals surface area contributed by atoms with Gasteiger partial charge in [-0.15, -0.1) is 5.10 Å². The molecule has 4 N–H and O–H groups in total. The number of aliphatic hydroxyl groups is 1. The summed E-state index contributed by atoms with van der Waals surface area (Å²) < 4.78 is 20.5. The molecule has 2 unspecified atom stereocenters. The van der Waals surface area contributed by atoms with E-state index in [4.69, 9.17) is 10.5 Å². The number of aliphatic hydroxyl groups excluding tert-OH is 1. The Kier molecular flexibility index (Phi) is 1.76. The van der Waals surface area contributed by atoms with E-state index in [1.165, 1.54) is 4.68 Å². The second kappa shape index (κ2) is 3.08. The van der Waals surface area contributed by atoms with Crippen LogP contribution in [0.3, 0.4) is 0 Å². The van der Waals surface area contributed by atoms with Gasteiger partial charge in [-0.3, -0.25) is 9.78 Å². The Morgan fingerprint density at radius 1 is 1.63 bits per heavy atom. The molecule has 0 aromatic carbocycles. The van der Waals surface area contributed by atoms with Crippen molar-refractivity contribution in [3.8, 4) is 0 Å². The van der Waals surface area contributed by atoms with Crippen molar-refractivity contribution < 1.29 is 14.2 Å². The summed E-state index contributed by atoms with van der Waals surface area (Å²) in [6, 6.07) is 0. The summed E-state index contributed by atoms with van der Waals surface area (Å²) in [5.41, 5.74) is 3.32. The number of hydrogen-bond donors (Lipinski definition) is 3. The molecular formula is C9H9FN6O3. The Labute approximate surface area is 104 Å². The monoisotopic (exact) mass is 268 g/mol. The maximum absolute atomic E-state index is 13.9. The van der Waals surface area contributed by atoms with Crippen LogP contribution in [0.4, 0.5) is 10.3 Å². The first-order valence-electron chi connectivity index (χ1n) is 5.64. The van der Waals surface area contributed by atoms with Gasteiger partial charge in [-0.1, -0.05) is 5.21 Å². The normalized spacial score (nSPS) is 36.6. The topological polar surface area (TPSA) is 132 Å². The number of nitrogens with one attached hydrogen (secondary N) is 1. The van der Waals surface area contributed by atoms with Crippen LogP contribution < -0.4 is 11.3 Å². The number of hydrogen-bond acceptors (Lipinski definition) is 7. The first kappa shape index (κ1) is 10.8. The largest absolute Gasteiger partial charge is 0.387 e. The van der Waals surface area contributed by atoms with E-state index in [0.29, 0.717) is 0 Å². The van der Waals surface area contributed by atoms with Gasteiger partial charge < -0.3 is 15.6 Å². The molecule has 1 aliphatic carbocycles. The zero-order valence-electron chi connectivity index (χ0n) is 9.45. The Hall–Kier alpha value is -2.07. The third kappa shape index (κ3) is 1.24. The fourth-order valence-corrected chi connectivity index (χ4v) is 2.46. The van der Waals surface area contributed by atoms with E-state index in [0.717, 1.165) is 0 Å². The van der Waals surface area contributed by atoms with Crippen molar-refractivity contribution in [3.05, 3.63) is 10.4 Å². The second-order valence-electron chi connectivity index (χ2n) is 4.74. The van der Waals surface area contributed by atoms with Crippen LogP contribution in [0, 0.1) is 0 Å². The lowest BCUT2D eigenvalue weighted by atomic mass is 10.2. The standard InChI is InChI=1S/C9H9FN6O3/c10-9-1-2(19-5(9)4(9)17)16-6-3(14-15-16)7(18)13-8(11)12-6/h2,4-5,17H,1H2,(H3,11,12,13,18)/t2-,4?,5?,9-/m1/s1. The fourth-order valence-electron chi connectivity index (χ4n) is 2.46. The number of aromatic amines is 1. The lowest BCUT2D eigenvalue weighted by Crippen LogP contribution is -2.19. The number of nitrogens with two attached hydrogens (primary N) is 1. The maximum atomic E-state index is 13.9. The number of alkyl halides is 1. The molecule has 4 atom stereocenters. The van der Waals surface area contributed by atoms with Crippen LogP contribution in [0.25, 0.3) is 11.2 Å². The summed E-state index contributed by atoms with van der Waals surface area (Å²) in [7, 11) is 0. The molecular weight excluding hydrogens is 259 g/mol. The maximum Gasteiger partial charge on any atom is 0.282 e. The van der Waals surface area contributed by atoms with Crippen LogP contribution in [0.1, 0.15) is 12.6 Å². The number of nitrogens with zero attached hydrogens (tertiary/aromatic N) is 4. The highest BCUT2D eigenvalue weighted by Gasteiger charge is 2.73. The molecule has 2 aromatic heterocycles. The summed E-state index contributed by atoms with van der Waals surface area (Å²) in [5, 5.41) is 16.7. The van der Waals surface area contributed by atoms with Crippen LogP contribution >= 0.6 is 0 Å². The van der Waals surface area contributed by atoms with Gasteiger partial charge in [-0.25, -0.2) is 4.39 Å². The van der Waals surface area contributed by atoms with Gasteiger partial charge in [0.25, 0.3) is 5.56 Å². The molecule has 2 aliphatic rings. The van der Waals surface area contributed by atoms with Gasteiger partial charge >= 0.3 is 0 Å². The molecule has 3 heterocycles. The number of nitrogen functional groups attached to an aromatic ring is 1. The van der Waals surface area contributed by atoms with Gasteiger partial charge in [-0.05, 0) is 0 Å². The number of rotatable bonds is 1. The molecule has 10 heteroatoms. The molecule has 9 nitrogen and oxygen atoms in total. The minimum absolute atomic E-state index is 0.00632. The van der Waals surface area contributed by atoms with E-state index in [9.17, 15) is 14.3 Å². The minimum atomic E-state index is -1.74. The van der Waals surface area contributed by atoms with Gasteiger partial charge in [-0.2, -0.15) is 9.67 Å². The van der Waals surface area contributed by atoms with Crippen molar-refractivity contribution in [2.75, 3.05) is 5.73 Å². The van der Waals surface area contributed by atoms with Crippen LogP contribution in [0.5, 0.6) is 0 Å². The van der Waals surface area contributed by atoms with E-state index in [1.54, 1.807) is 0 Å². The summed E-state index contributed by atoms with van der Waals surface area (Å²) in [4.78, 5) is 17.8. The lowest BCUT2D eigenvalue weighted by Gasteiger charge is -2.13. The van der Waals surface area contributed by atoms with Gasteiger partial charge in [0.2, 0.25) is 5.95 Å². The minimum Gasteiger partial charge on any atom is -0.387 e. The van der Waals surface area contributed by atoms with Gasteiger partial charge in [0.05, 0.1) is 0 Å². The lowest BCUT2D eigenvalue weighted by molar-refractivity contribution is -0.0162. The van der Waals surface area contributed by atoms with Crippen LogP contribution in [-0.2, 0) is 4.74 Å². The van der Waals surface area contributed by atoms with Crippen molar-refractivity contribution >= 4 is 17.1 Å². The number of halogens is 1. The predicted octanol–water partition coefficient (Wildman–Crippen LogP) is -1.53. The van der Waals surface area contributed by atoms with E-state index in [2.05, 4.69) is 20.3 Å². The van der Waals surface area contributed by atoms with Crippen molar-refractivity contribution in [1.29, 1.82) is 0 Å². The summed E-state index contributed by atoms with van der Waals surface area (Å²) in [6.07, 6.45) is -2.76. The van der Waals surface area contributed by atoms with E-state index in [1.807, 2.05) is 0 Å². The molecule has 1 aliphatic heterocycles. The fraction of sp³-hybridized carbons (Fsp3) is 0.556. The number of ether oxygens (including phenoxy) is 1. The zero-order chi connectivity index (χ0) is 13.4. The van der Waals surface area contributed by atoms with E-state index >= 15 is 0 Å². The number of H-pyrrole nitrogens is 1. The summed E-state index contributed by atoms with van der Waals surface area (Å²) >= 11 is 0. The molecule has 0 radical (unpaired) electrons. The molecule has 0 spiro atoms. The van der Waals surface area contributed by atoms with Gasteiger partial charge in [0.1, 0.15) is 12.2 Å². The average molecular weight is 268 g/mol. The molecule has 4 rings (SSSR count). The predicted molar refractivity (Wildman–Crippen MR) is 58.7 cm³/mol. The first-order valence-corrected chi connectivity index (χ1v) is 5.64. The SMILES string of the molecule is Nc1nc2c(nnn2[C@H]2C[C@@]3(F)C(O)C3O2)c(=O)[nH]1. The van der Waals surface area contributed by atoms with Crippen LogP contribution in [-0.4, -0.2) is 47.9 Å². The number of aromatic nitrogens is 5. The van der Waals surface area contributed by atoms with Crippen molar-refractivity contribution in [2.24, 2.45) is 0 Å². The molecule has 0 bridgehead atoms. The van der Waals surface area contributed by atoms with Crippen molar-refractivity contribution in [3.63, 3.8) is 0 Å². The number of anilines is 1.